The third-order valence-corrected chi connectivity index (χ3v) is 7.14. The number of aryl methyl sites for hydroxylation is 4. The van der Waals surface area contributed by atoms with Crippen molar-refractivity contribution in [1.82, 2.24) is 14.2 Å². The zero-order chi connectivity index (χ0) is 30.7. The molecule has 0 saturated heterocycles. The number of aliphatic hydroxyl groups is 1. The van der Waals surface area contributed by atoms with Gasteiger partial charge in [-0.15, -0.1) is 0 Å². The number of rotatable bonds is 9. The maximum atomic E-state index is 14.0. The first-order valence-electron chi connectivity index (χ1n) is 13.5. The van der Waals surface area contributed by atoms with E-state index in [1.54, 1.807) is 11.7 Å². The van der Waals surface area contributed by atoms with E-state index in [4.69, 9.17) is 25.6 Å². The Hall–Kier alpha value is -4.84. The van der Waals surface area contributed by atoms with Gasteiger partial charge in [-0.1, -0.05) is 17.7 Å². The molecule has 0 unspecified atom stereocenters. The van der Waals surface area contributed by atoms with E-state index in [9.17, 15) is 19.9 Å². The molecule has 1 amide bonds. The Bertz CT molecular complexity index is 1700. The Morgan fingerprint density at radius 3 is 2.48 bits per heavy atom. The fraction of sp³-hybridized carbons (Fsp3) is 0.333. The van der Waals surface area contributed by atoms with Crippen LogP contribution in [0.2, 0.25) is 0 Å². The third kappa shape index (κ3) is 5.79. The lowest BCUT2D eigenvalue weighted by Crippen LogP contribution is -2.45. The second-order valence-corrected chi connectivity index (χ2v) is 10.0. The molecule has 5 N–H and O–H groups in total. The number of hydrogen-bond donors (Lipinski definition) is 4. The van der Waals surface area contributed by atoms with E-state index in [1.807, 2.05) is 58.0 Å². The van der Waals surface area contributed by atoms with Crippen LogP contribution in [0, 0.1) is 26.2 Å². The van der Waals surface area contributed by atoms with Gasteiger partial charge in [0.25, 0.3) is 5.91 Å². The second-order valence-electron chi connectivity index (χ2n) is 10.0. The van der Waals surface area contributed by atoms with Crippen molar-refractivity contribution in [3.05, 3.63) is 80.0 Å². The lowest BCUT2D eigenvalue weighted by molar-refractivity contribution is -0.161. The Kier molecular flexibility index (Phi) is 8.86. The highest BCUT2D eigenvalue weighted by atomic mass is 16.5. The number of carbonyl (C=O) groups excluding carboxylic acids is 1. The van der Waals surface area contributed by atoms with Crippen molar-refractivity contribution in [2.24, 2.45) is 10.7 Å². The Labute approximate surface area is 243 Å². The molecule has 222 valence electrons. The Morgan fingerprint density at radius 1 is 1.17 bits per heavy atom. The first-order valence-corrected chi connectivity index (χ1v) is 13.5. The largest absolute Gasteiger partial charge is 0.504 e. The van der Waals surface area contributed by atoms with Crippen LogP contribution < -0.4 is 26.4 Å². The van der Waals surface area contributed by atoms with E-state index in [2.05, 4.69) is 0 Å². The lowest BCUT2D eigenvalue weighted by Gasteiger charge is -2.25. The molecule has 42 heavy (non-hydrogen) atoms. The van der Waals surface area contributed by atoms with E-state index in [1.165, 1.54) is 4.57 Å². The van der Waals surface area contributed by atoms with Crippen LogP contribution in [-0.2, 0) is 24.3 Å². The highest BCUT2D eigenvalue weighted by molar-refractivity contribution is 5.96. The minimum atomic E-state index is -1.09. The molecule has 0 atom stereocenters. The van der Waals surface area contributed by atoms with E-state index >= 15 is 0 Å². The number of aromatic nitrogens is 2. The van der Waals surface area contributed by atoms with Gasteiger partial charge in [0.1, 0.15) is 11.2 Å². The molecule has 0 spiro atoms. The number of aliphatic hydroxyl groups excluding tert-OH is 1. The molecule has 4 rings (SSSR count). The van der Waals surface area contributed by atoms with Crippen LogP contribution in [0.4, 0.5) is 5.69 Å². The lowest BCUT2D eigenvalue weighted by atomic mass is 9.97. The fourth-order valence-corrected chi connectivity index (χ4v) is 5.16. The number of methoxy groups -OCH3 is 1. The van der Waals surface area contributed by atoms with Gasteiger partial charge in [-0.2, -0.15) is 0 Å². The minimum absolute atomic E-state index is 0.123. The molecule has 12 nitrogen and oxygen atoms in total. The molecule has 1 aliphatic heterocycles. The van der Waals surface area contributed by atoms with Gasteiger partial charge < -0.3 is 25.7 Å². The highest BCUT2D eigenvalue weighted by Gasteiger charge is 2.24. The minimum Gasteiger partial charge on any atom is -0.504 e. The number of allylic oxidation sites excluding steroid dienone is 1. The van der Waals surface area contributed by atoms with Crippen molar-refractivity contribution in [2.45, 2.75) is 47.2 Å². The molecule has 3 aromatic rings. The number of carbonyl (C=O) groups is 1. The van der Waals surface area contributed by atoms with Gasteiger partial charge in [0, 0.05) is 24.7 Å². The molecule has 2 aromatic carbocycles. The monoisotopic (exact) mass is 576 g/mol. The number of fused-ring (bicyclic) bond motifs is 3. The predicted octanol–water partition coefficient (Wildman–Crippen LogP) is 3.03. The summed E-state index contributed by atoms with van der Waals surface area (Å²) in [7, 11) is 1.56. The fourth-order valence-electron chi connectivity index (χ4n) is 5.16. The zero-order valence-electron chi connectivity index (χ0n) is 24.4. The van der Waals surface area contributed by atoms with Gasteiger partial charge >= 0.3 is 5.69 Å². The molecule has 0 fully saturated rings. The summed E-state index contributed by atoms with van der Waals surface area (Å²) in [4.78, 5) is 31.3. The standard InChI is InChI=1S/C30H36N6O6/c1-6-42-25-13-20-7-8-34-22(21(20)14-24(25)41-5)15-26(33-28-18(3)11-17(2)12-19(28)4)35(30(34)39)9-10-36(40)29(38)27(32)23(37)16-31/h11-16,31,37,40H,6-10,32H2,1-5H3/b27-23+,31-16?,33-26+. The van der Waals surface area contributed by atoms with E-state index in [-0.39, 0.29) is 18.8 Å². The van der Waals surface area contributed by atoms with Crippen molar-refractivity contribution in [3.63, 3.8) is 0 Å². The van der Waals surface area contributed by atoms with Crippen LogP contribution in [0.1, 0.15) is 29.2 Å². The van der Waals surface area contributed by atoms with Crippen molar-refractivity contribution >= 4 is 17.8 Å². The van der Waals surface area contributed by atoms with E-state index < -0.39 is 17.4 Å². The number of benzene rings is 2. The first kappa shape index (κ1) is 30.1. The molecule has 0 radical (unpaired) electrons. The summed E-state index contributed by atoms with van der Waals surface area (Å²) in [6, 6.07) is 9.64. The highest BCUT2D eigenvalue weighted by Crippen LogP contribution is 2.37. The molecule has 0 saturated carbocycles. The van der Waals surface area contributed by atoms with Gasteiger partial charge in [0.05, 0.1) is 37.9 Å². The quantitative estimate of drug-likeness (QED) is 0.0998. The zero-order valence-corrected chi connectivity index (χ0v) is 24.4. The van der Waals surface area contributed by atoms with Crippen molar-refractivity contribution < 1.29 is 24.6 Å². The Morgan fingerprint density at radius 2 is 1.86 bits per heavy atom. The van der Waals surface area contributed by atoms with E-state index in [0.29, 0.717) is 59.2 Å². The van der Waals surface area contributed by atoms with Crippen LogP contribution >= 0.6 is 0 Å². The normalized spacial score (nSPS) is 13.1. The summed E-state index contributed by atoms with van der Waals surface area (Å²) in [5.41, 5.74) is 10.9. The van der Waals surface area contributed by atoms with Crippen molar-refractivity contribution in [3.8, 4) is 22.8 Å². The molecule has 1 aromatic heterocycles. The SMILES string of the molecule is CCOc1cc2c(cc1OC)-c1c/c(=N\c3c(C)cc(C)cc3C)n(CCN(O)C(=O)/C(N)=C(\O)C=N)c(=O)n1CC2. The summed E-state index contributed by atoms with van der Waals surface area (Å²) in [5.74, 6) is -0.690. The number of ether oxygens (including phenoxy) is 2. The number of nitrogens with two attached hydrogens (primary N) is 1. The average Bonchev–Trinajstić information content (AvgIpc) is 2.96. The van der Waals surface area contributed by atoms with Crippen LogP contribution in [0.15, 0.2) is 51.6 Å². The van der Waals surface area contributed by atoms with Crippen LogP contribution in [0.5, 0.6) is 11.5 Å². The summed E-state index contributed by atoms with van der Waals surface area (Å²) in [6.45, 7) is 8.22. The molecule has 2 heterocycles. The molecular formula is C30H36N6O6. The summed E-state index contributed by atoms with van der Waals surface area (Å²) in [6.07, 6.45) is 1.08. The number of amides is 1. The molecule has 1 aliphatic rings. The van der Waals surface area contributed by atoms with Crippen LogP contribution in [-0.4, -0.2) is 56.9 Å². The Balaban J connectivity index is 1.90. The third-order valence-electron chi connectivity index (χ3n) is 7.14. The van der Waals surface area contributed by atoms with Crippen molar-refractivity contribution in [2.75, 3.05) is 20.3 Å². The van der Waals surface area contributed by atoms with Crippen LogP contribution in [0.25, 0.3) is 11.3 Å². The van der Waals surface area contributed by atoms with Crippen LogP contribution in [0.3, 0.4) is 0 Å². The summed E-state index contributed by atoms with van der Waals surface area (Å²) < 4.78 is 14.4. The van der Waals surface area contributed by atoms with Gasteiger partial charge in [-0.25, -0.2) is 14.9 Å². The first-order chi connectivity index (χ1) is 20.0. The van der Waals surface area contributed by atoms with Gasteiger partial charge in [0.2, 0.25) is 0 Å². The second kappa shape index (κ2) is 12.4. The summed E-state index contributed by atoms with van der Waals surface area (Å²) in [5, 5.41) is 27.4. The van der Waals surface area contributed by atoms with Gasteiger partial charge in [0.15, 0.2) is 17.3 Å². The molecule has 0 bridgehead atoms. The predicted molar refractivity (Wildman–Crippen MR) is 158 cm³/mol. The molecule has 12 heteroatoms. The van der Waals surface area contributed by atoms with E-state index in [0.717, 1.165) is 27.8 Å². The van der Waals surface area contributed by atoms with Gasteiger partial charge in [-0.05, 0) is 62.9 Å². The van der Waals surface area contributed by atoms with Crippen molar-refractivity contribution in [1.29, 1.82) is 5.41 Å². The number of nitrogens with one attached hydrogen (secondary N) is 1. The maximum absolute atomic E-state index is 14.0. The van der Waals surface area contributed by atoms with Gasteiger partial charge in [-0.3, -0.25) is 19.1 Å². The number of hydrogen-bond acceptors (Lipinski definition) is 9. The average molecular weight is 577 g/mol. The maximum Gasteiger partial charge on any atom is 0.330 e. The topological polar surface area (TPSA) is 168 Å². The molecule has 0 aliphatic carbocycles. The summed E-state index contributed by atoms with van der Waals surface area (Å²) >= 11 is 0. The smallest absolute Gasteiger partial charge is 0.330 e. The number of hydroxylamine groups is 2. The number of nitrogens with zero attached hydrogens (tertiary/aromatic N) is 4. The molecular weight excluding hydrogens is 540 g/mol.